The number of guanidine groups is 1. The van der Waals surface area contributed by atoms with Gasteiger partial charge in [0.25, 0.3) is 0 Å². The average Bonchev–Trinajstić information content (AvgIpc) is 3.04. The van der Waals surface area contributed by atoms with E-state index in [0.717, 1.165) is 25.1 Å². The molecule has 0 aliphatic rings. The summed E-state index contributed by atoms with van der Waals surface area (Å²) in [4.78, 5) is 81.3. The molecule has 1 aromatic heterocycles. The number of aliphatic imine (C=N–C) groups is 1. The van der Waals surface area contributed by atoms with E-state index in [1.54, 1.807) is 34.6 Å². The summed E-state index contributed by atoms with van der Waals surface area (Å²) in [5, 5.41) is 31.8. The molecule has 0 unspecified atom stereocenters. The lowest BCUT2D eigenvalue weighted by atomic mass is 10.0. The van der Waals surface area contributed by atoms with E-state index < -0.39 is 101 Å². The van der Waals surface area contributed by atoms with Crippen molar-refractivity contribution in [2.24, 2.45) is 22.4 Å². The Morgan fingerprint density at radius 2 is 1.51 bits per heavy atom. The molecule has 21 heteroatoms. The Balaban J connectivity index is 2.28. The number of hydrogen-bond donors (Lipinski definition) is 9. The highest BCUT2D eigenvalue weighted by molar-refractivity contribution is 6.00. The average molecular weight is 787 g/mol. The maximum Gasteiger partial charge on any atom is 0.417 e. The van der Waals surface area contributed by atoms with E-state index in [9.17, 15) is 52.2 Å². The van der Waals surface area contributed by atoms with Crippen LogP contribution in [0.1, 0.15) is 66.4 Å². The molecule has 306 valence electrons. The molecule has 5 amide bonds. The quantitative estimate of drug-likeness (QED) is 0.0461. The first kappa shape index (κ1) is 45.7. The van der Waals surface area contributed by atoms with Crippen LogP contribution in [0.15, 0.2) is 38.5 Å². The minimum absolute atomic E-state index is 0.0123. The van der Waals surface area contributed by atoms with Gasteiger partial charge < -0.3 is 57.4 Å². The molecule has 0 aliphatic carbocycles. The second-order valence-corrected chi connectivity index (χ2v) is 14.0. The van der Waals surface area contributed by atoms with Crippen molar-refractivity contribution >= 4 is 52.3 Å². The van der Waals surface area contributed by atoms with Crippen molar-refractivity contribution in [2.45, 2.75) is 103 Å². The number of halogens is 3. The van der Waals surface area contributed by atoms with Gasteiger partial charge in [-0.25, -0.2) is 9.59 Å². The van der Waals surface area contributed by atoms with Crippen molar-refractivity contribution in [1.82, 2.24) is 21.3 Å². The molecular weight excluding hydrogens is 737 g/mol. The molecule has 1 heterocycles. The summed E-state index contributed by atoms with van der Waals surface area (Å²) in [6, 6.07) is -2.65. The van der Waals surface area contributed by atoms with E-state index in [0.29, 0.717) is 6.07 Å². The van der Waals surface area contributed by atoms with Gasteiger partial charge in [-0.05, 0) is 65.0 Å². The van der Waals surface area contributed by atoms with Gasteiger partial charge in [-0.2, -0.15) is 13.2 Å². The van der Waals surface area contributed by atoms with Crippen molar-refractivity contribution in [2.75, 3.05) is 18.5 Å². The zero-order valence-electron chi connectivity index (χ0n) is 31.2. The number of nitrogens with one attached hydrogen (secondary N) is 5. The van der Waals surface area contributed by atoms with Gasteiger partial charge in [0.2, 0.25) is 23.6 Å². The maximum atomic E-state index is 13.5. The molecule has 2 aromatic rings. The number of carbonyl (C=O) groups is 5. The van der Waals surface area contributed by atoms with Gasteiger partial charge in [0, 0.05) is 29.8 Å². The lowest BCUT2D eigenvalue weighted by Crippen LogP contribution is -2.61. The summed E-state index contributed by atoms with van der Waals surface area (Å²) in [7, 11) is 0. The fourth-order valence-corrected chi connectivity index (χ4v) is 5.02. The number of aliphatic hydroxyl groups is 2. The van der Waals surface area contributed by atoms with Crippen LogP contribution in [0.4, 0.5) is 23.7 Å². The minimum Gasteiger partial charge on any atom is -0.444 e. The van der Waals surface area contributed by atoms with Gasteiger partial charge in [-0.15, -0.1) is 0 Å². The lowest BCUT2D eigenvalue weighted by Gasteiger charge is -2.27. The third kappa shape index (κ3) is 15.1. The first-order chi connectivity index (χ1) is 25.4. The van der Waals surface area contributed by atoms with Gasteiger partial charge in [0.15, 0.2) is 5.96 Å². The number of carbonyl (C=O) groups excluding carboxylic acids is 5. The van der Waals surface area contributed by atoms with Gasteiger partial charge in [-0.1, -0.05) is 13.8 Å². The zero-order chi connectivity index (χ0) is 41.8. The number of alkyl halides is 3. The number of benzene rings is 1. The molecular formula is C34H49F3N8O10. The largest absolute Gasteiger partial charge is 0.444 e. The van der Waals surface area contributed by atoms with E-state index in [-0.39, 0.29) is 43.4 Å². The Morgan fingerprint density at radius 1 is 0.891 bits per heavy atom. The van der Waals surface area contributed by atoms with Crippen LogP contribution in [-0.4, -0.2) is 94.9 Å². The van der Waals surface area contributed by atoms with Crippen LogP contribution in [-0.2, 0) is 30.1 Å². The normalized spacial score (nSPS) is 14.5. The van der Waals surface area contributed by atoms with Crippen molar-refractivity contribution < 1.29 is 56.5 Å². The highest BCUT2D eigenvalue weighted by Crippen LogP contribution is 2.34. The topological polar surface area (TPSA) is 290 Å². The number of amides is 5. The van der Waals surface area contributed by atoms with Crippen LogP contribution in [0.25, 0.3) is 11.0 Å². The second-order valence-electron chi connectivity index (χ2n) is 14.0. The van der Waals surface area contributed by atoms with Crippen LogP contribution >= 0.6 is 0 Å². The van der Waals surface area contributed by atoms with E-state index in [4.69, 9.17) is 20.6 Å². The second kappa shape index (κ2) is 19.8. The summed E-state index contributed by atoms with van der Waals surface area (Å²) in [6.45, 7) is 8.62. The summed E-state index contributed by atoms with van der Waals surface area (Å²) >= 11 is 0. The Labute approximate surface area is 314 Å². The first-order valence-corrected chi connectivity index (χ1v) is 17.1. The van der Waals surface area contributed by atoms with Gasteiger partial charge in [0.1, 0.15) is 35.4 Å². The first-order valence-electron chi connectivity index (χ1n) is 17.1. The zero-order valence-corrected chi connectivity index (χ0v) is 31.2. The Kier molecular flexibility index (Phi) is 16.4. The van der Waals surface area contributed by atoms with Crippen LogP contribution in [0.2, 0.25) is 0 Å². The Morgan fingerprint density at radius 3 is 2.05 bits per heavy atom. The van der Waals surface area contributed by atoms with Crippen LogP contribution in [0.3, 0.4) is 0 Å². The number of rotatable bonds is 17. The fourth-order valence-electron chi connectivity index (χ4n) is 5.02. The smallest absolute Gasteiger partial charge is 0.417 e. The molecule has 0 spiro atoms. The summed E-state index contributed by atoms with van der Waals surface area (Å²) in [5.74, 6) is -4.31. The molecule has 55 heavy (non-hydrogen) atoms. The monoisotopic (exact) mass is 786 g/mol. The minimum atomic E-state index is -4.88. The summed E-state index contributed by atoms with van der Waals surface area (Å²) in [6.07, 6.45) is -7.28. The number of nitrogens with two attached hydrogens (primary N) is 2. The van der Waals surface area contributed by atoms with Crippen molar-refractivity contribution in [1.29, 1.82) is 0 Å². The highest BCUT2D eigenvalue weighted by Gasteiger charge is 2.35. The maximum absolute atomic E-state index is 13.5. The lowest BCUT2D eigenvalue weighted by molar-refractivity contribution is -0.136. The highest BCUT2D eigenvalue weighted by atomic mass is 19.4. The number of aliphatic hydroxyl groups excluding tert-OH is 2. The van der Waals surface area contributed by atoms with Gasteiger partial charge in [-0.3, -0.25) is 24.2 Å². The molecule has 0 aliphatic heterocycles. The molecule has 0 saturated carbocycles. The molecule has 5 atom stereocenters. The molecule has 1 aromatic carbocycles. The number of hydrogen-bond acceptors (Lipinski definition) is 11. The third-order valence-electron chi connectivity index (χ3n) is 7.49. The molecule has 18 nitrogen and oxygen atoms in total. The van der Waals surface area contributed by atoms with Gasteiger partial charge >= 0.3 is 17.9 Å². The van der Waals surface area contributed by atoms with Crippen molar-refractivity contribution in [3.8, 4) is 0 Å². The van der Waals surface area contributed by atoms with Crippen LogP contribution in [0.5, 0.6) is 0 Å². The summed E-state index contributed by atoms with van der Waals surface area (Å²) in [5.41, 5.74) is 6.71. The summed E-state index contributed by atoms with van der Waals surface area (Å²) < 4.78 is 50.6. The van der Waals surface area contributed by atoms with Gasteiger partial charge in [0.05, 0.1) is 18.3 Å². The number of alkyl carbamates (subject to hydrolysis) is 1. The fraction of sp³-hybridized carbons (Fsp3) is 0.559. The van der Waals surface area contributed by atoms with Crippen molar-refractivity contribution in [3.05, 3.63) is 40.2 Å². The van der Waals surface area contributed by atoms with Crippen molar-refractivity contribution in [3.63, 3.8) is 0 Å². The predicted octanol–water partition coefficient (Wildman–Crippen LogP) is 0.571. The Bertz CT molecular complexity index is 1770. The SMILES string of the molecule is CC(C)C[C@H](NC(=O)OC(C)(C)C)C(=O)N[C@@H](CO)C(=O)N[C@H](C(=O)N[C@@H](CCCN=C(N)N)C(=O)Nc1ccc2c(C(F)(F)F)cc(=O)oc2c1)[C@@H](C)O. The number of ether oxygens (including phenoxy) is 1. The third-order valence-corrected chi connectivity index (χ3v) is 7.49. The van der Waals surface area contributed by atoms with E-state index in [1.165, 1.54) is 0 Å². The van der Waals surface area contributed by atoms with Crippen LogP contribution in [0, 0.1) is 5.92 Å². The van der Waals surface area contributed by atoms with E-state index >= 15 is 0 Å². The molecule has 0 radical (unpaired) electrons. The molecule has 0 bridgehead atoms. The standard InChI is InChI=1S/C34H49F3N8O10/c1-16(2)12-22(44-32(53)55-33(4,5)6)28(50)43-23(15-46)29(51)45-26(17(3)47)30(52)42-21(8-7-11-40-31(38)39)27(49)41-18-9-10-19-20(34(35,36)37)14-25(48)54-24(19)13-18/h9-10,13-14,16-17,21-23,26,46-47H,7-8,11-12,15H2,1-6H3,(H,41,49)(H,42,52)(H,43,50)(H,44,53)(H,45,51)(H4,38,39,40)/t17-,21+,22+,23+,26+/m1/s1. The number of nitrogens with zero attached hydrogens (tertiary/aromatic N) is 1. The molecule has 0 saturated heterocycles. The van der Waals surface area contributed by atoms with E-state index in [2.05, 4.69) is 31.6 Å². The van der Waals surface area contributed by atoms with E-state index in [1.807, 2.05) is 0 Å². The molecule has 0 fully saturated rings. The number of fused-ring (bicyclic) bond motifs is 1. The number of anilines is 1. The predicted molar refractivity (Wildman–Crippen MR) is 193 cm³/mol. The molecule has 2 rings (SSSR count). The Hall–Kier alpha value is -5.44. The molecule has 11 N–H and O–H groups in total. The van der Waals surface area contributed by atoms with Crippen LogP contribution < -0.4 is 43.7 Å².